The smallest absolute Gasteiger partial charge is 0.270 e. The van der Waals surface area contributed by atoms with Gasteiger partial charge in [0, 0.05) is 38.3 Å². The van der Waals surface area contributed by atoms with E-state index in [2.05, 4.69) is 22.9 Å². The molecule has 2 aromatic heterocycles. The molecule has 0 spiro atoms. The topological polar surface area (TPSA) is 52.5 Å². The van der Waals surface area contributed by atoms with Gasteiger partial charge in [-0.15, -0.1) is 0 Å². The largest absolute Gasteiger partial charge is 0.466 e. The van der Waals surface area contributed by atoms with E-state index in [-0.39, 0.29) is 5.91 Å². The molecule has 0 saturated carbocycles. The van der Waals surface area contributed by atoms with Crippen molar-refractivity contribution in [3.63, 3.8) is 0 Å². The van der Waals surface area contributed by atoms with Gasteiger partial charge in [-0.3, -0.25) is 9.69 Å². The number of hydrogen-bond acceptors (Lipinski definition) is 3. The van der Waals surface area contributed by atoms with Crippen molar-refractivity contribution in [1.29, 1.82) is 0 Å². The second-order valence-corrected chi connectivity index (χ2v) is 6.36. The van der Waals surface area contributed by atoms with Crippen molar-refractivity contribution >= 4 is 5.91 Å². The first-order chi connectivity index (χ1) is 11.1. The zero-order valence-corrected chi connectivity index (χ0v) is 13.9. The molecule has 2 aromatic rings. The molecule has 1 atom stereocenters. The first kappa shape index (κ1) is 15.9. The lowest BCUT2D eigenvalue weighted by atomic mass is 10.0. The van der Waals surface area contributed by atoms with E-state index < -0.39 is 0 Å². The maximum atomic E-state index is 12.3. The summed E-state index contributed by atoms with van der Waals surface area (Å²) in [6.45, 7) is 8.72. The van der Waals surface area contributed by atoms with E-state index in [4.69, 9.17) is 4.42 Å². The average Bonchev–Trinajstić information content (AvgIpc) is 3.24. The molecule has 1 N–H and O–H groups in total. The third-order valence-corrected chi connectivity index (χ3v) is 4.61. The van der Waals surface area contributed by atoms with Crippen LogP contribution in [0.15, 0.2) is 34.9 Å². The van der Waals surface area contributed by atoms with Gasteiger partial charge in [0.05, 0.1) is 0 Å². The van der Waals surface area contributed by atoms with Gasteiger partial charge >= 0.3 is 0 Å². The summed E-state index contributed by atoms with van der Waals surface area (Å²) in [6, 6.07) is 7.80. The Morgan fingerprint density at radius 1 is 1.26 bits per heavy atom. The lowest BCUT2D eigenvalue weighted by Gasteiger charge is -2.34. The number of nitrogens with one attached hydrogen (secondary N) is 1. The normalized spacial score (nSPS) is 17.4. The van der Waals surface area contributed by atoms with Gasteiger partial charge in [-0.1, -0.05) is 6.92 Å². The Kier molecular flexibility index (Phi) is 4.86. The number of amides is 1. The molecular weight excluding hydrogens is 290 g/mol. The maximum Gasteiger partial charge on any atom is 0.270 e. The van der Waals surface area contributed by atoms with Gasteiger partial charge in [-0.05, 0) is 44.2 Å². The summed E-state index contributed by atoms with van der Waals surface area (Å²) in [7, 11) is 0. The van der Waals surface area contributed by atoms with Crippen LogP contribution in [0.1, 0.15) is 41.3 Å². The number of hydrogen-bond donors (Lipinski definition) is 1. The van der Waals surface area contributed by atoms with Crippen molar-refractivity contribution in [2.24, 2.45) is 0 Å². The summed E-state index contributed by atoms with van der Waals surface area (Å²) < 4.78 is 5.70. The van der Waals surface area contributed by atoms with Crippen LogP contribution in [0.25, 0.3) is 0 Å². The lowest BCUT2D eigenvalue weighted by Crippen LogP contribution is -2.49. The molecule has 1 aliphatic heterocycles. The van der Waals surface area contributed by atoms with Crippen LogP contribution in [0, 0.1) is 6.92 Å². The Hall–Kier alpha value is -2.01. The van der Waals surface area contributed by atoms with Gasteiger partial charge in [0.1, 0.15) is 17.2 Å². The van der Waals surface area contributed by atoms with Crippen molar-refractivity contribution in [2.45, 2.75) is 26.2 Å². The van der Waals surface area contributed by atoms with Crippen LogP contribution >= 0.6 is 0 Å². The number of furan rings is 1. The molecule has 1 aliphatic rings. The van der Waals surface area contributed by atoms with E-state index in [1.165, 1.54) is 0 Å². The maximum absolute atomic E-state index is 12.3. The van der Waals surface area contributed by atoms with E-state index in [9.17, 15) is 4.79 Å². The summed E-state index contributed by atoms with van der Waals surface area (Å²) in [4.78, 5) is 19.6. The SMILES string of the molecule is Cc1ccc([C@@H](C)CCN2CCN(C(=O)c3ccc[nH]3)CC2)o1. The quantitative estimate of drug-likeness (QED) is 0.923. The average molecular weight is 315 g/mol. The molecule has 3 rings (SSSR count). The van der Waals surface area contributed by atoms with E-state index >= 15 is 0 Å². The molecule has 23 heavy (non-hydrogen) atoms. The summed E-state index contributed by atoms with van der Waals surface area (Å²) in [5, 5.41) is 0. The zero-order valence-electron chi connectivity index (χ0n) is 13.9. The fourth-order valence-corrected chi connectivity index (χ4v) is 3.05. The molecular formula is C18H25N3O2. The monoisotopic (exact) mass is 315 g/mol. The summed E-state index contributed by atoms with van der Waals surface area (Å²) in [6.07, 6.45) is 2.87. The van der Waals surface area contributed by atoms with Crippen LogP contribution in [0.4, 0.5) is 0 Å². The predicted molar refractivity (Wildman–Crippen MR) is 89.6 cm³/mol. The second kappa shape index (κ2) is 7.04. The van der Waals surface area contributed by atoms with Gasteiger partial charge in [0.2, 0.25) is 0 Å². The number of carbonyl (C=O) groups is 1. The van der Waals surface area contributed by atoms with Crippen LogP contribution in [-0.2, 0) is 0 Å². The van der Waals surface area contributed by atoms with Crippen LogP contribution < -0.4 is 0 Å². The van der Waals surface area contributed by atoms with Crippen LogP contribution in [-0.4, -0.2) is 53.4 Å². The van der Waals surface area contributed by atoms with Crippen LogP contribution in [0.2, 0.25) is 0 Å². The molecule has 124 valence electrons. The van der Waals surface area contributed by atoms with Crippen molar-refractivity contribution in [2.75, 3.05) is 32.7 Å². The highest BCUT2D eigenvalue weighted by molar-refractivity contribution is 5.92. The van der Waals surface area contributed by atoms with Crippen LogP contribution in [0.5, 0.6) is 0 Å². The number of piperazine rings is 1. The van der Waals surface area contributed by atoms with Crippen molar-refractivity contribution in [3.8, 4) is 0 Å². The molecule has 1 amide bonds. The minimum atomic E-state index is 0.106. The minimum Gasteiger partial charge on any atom is -0.466 e. The summed E-state index contributed by atoms with van der Waals surface area (Å²) in [5.74, 6) is 2.59. The standard InChI is InChI=1S/C18H25N3O2/c1-14(17-6-5-15(2)23-17)7-9-20-10-12-21(13-11-20)18(22)16-4-3-8-19-16/h3-6,8,14,19H,7,9-13H2,1-2H3/t14-/m0/s1. The molecule has 0 unspecified atom stereocenters. The number of H-pyrrole nitrogens is 1. The van der Waals surface area contributed by atoms with Crippen molar-refractivity contribution in [1.82, 2.24) is 14.8 Å². The fraction of sp³-hybridized carbons (Fsp3) is 0.500. The van der Waals surface area contributed by atoms with Gasteiger partial charge in [-0.25, -0.2) is 0 Å². The number of aromatic nitrogens is 1. The van der Waals surface area contributed by atoms with Gasteiger partial charge in [0.25, 0.3) is 5.91 Å². The highest BCUT2D eigenvalue weighted by Gasteiger charge is 2.23. The lowest BCUT2D eigenvalue weighted by molar-refractivity contribution is 0.0628. The highest BCUT2D eigenvalue weighted by atomic mass is 16.3. The first-order valence-electron chi connectivity index (χ1n) is 8.35. The van der Waals surface area contributed by atoms with E-state index in [0.717, 1.165) is 50.7 Å². The Labute approximate surface area is 137 Å². The number of carbonyl (C=O) groups excluding carboxylic acids is 1. The number of rotatable bonds is 5. The summed E-state index contributed by atoms with van der Waals surface area (Å²) in [5.41, 5.74) is 0.681. The Morgan fingerprint density at radius 2 is 2.04 bits per heavy atom. The number of nitrogens with zero attached hydrogens (tertiary/aromatic N) is 2. The molecule has 0 aliphatic carbocycles. The minimum absolute atomic E-state index is 0.106. The molecule has 1 saturated heterocycles. The number of aromatic amines is 1. The van der Waals surface area contributed by atoms with E-state index in [1.54, 1.807) is 6.20 Å². The van der Waals surface area contributed by atoms with E-state index in [1.807, 2.05) is 30.0 Å². The highest BCUT2D eigenvalue weighted by Crippen LogP contribution is 2.22. The molecule has 0 aromatic carbocycles. The zero-order chi connectivity index (χ0) is 16.2. The predicted octanol–water partition coefficient (Wildman–Crippen LogP) is 2.87. The summed E-state index contributed by atoms with van der Waals surface area (Å²) >= 11 is 0. The Balaban J connectivity index is 1.43. The molecule has 5 heteroatoms. The first-order valence-corrected chi connectivity index (χ1v) is 8.35. The van der Waals surface area contributed by atoms with E-state index in [0.29, 0.717) is 11.6 Å². The Bertz CT molecular complexity index is 624. The number of aryl methyl sites for hydroxylation is 1. The third kappa shape index (κ3) is 3.85. The van der Waals surface area contributed by atoms with Crippen molar-refractivity contribution in [3.05, 3.63) is 47.7 Å². The third-order valence-electron chi connectivity index (χ3n) is 4.61. The molecule has 1 fully saturated rings. The van der Waals surface area contributed by atoms with Gasteiger partial charge in [-0.2, -0.15) is 0 Å². The molecule has 3 heterocycles. The molecule has 0 radical (unpaired) electrons. The second-order valence-electron chi connectivity index (χ2n) is 6.36. The molecule has 0 bridgehead atoms. The fourth-order valence-electron chi connectivity index (χ4n) is 3.05. The van der Waals surface area contributed by atoms with Gasteiger partial charge < -0.3 is 14.3 Å². The van der Waals surface area contributed by atoms with Gasteiger partial charge in [0.15, 0.2) is 0 Å². The van der Waals surface area contributed by atoms with Crippen molar-refractivity contribution < 1.29 is 9.21 Å². The van der Waals surface area contributed by atoms with Crippen LogP contribution in [0.3, 0.4) is 0 Å². The Morgan fingerprint density at radius 3 is 2.65 bits per heavy atom. The molecule has 5 nitrogen and oxygen atoms in total.